The van der Waals surface area contributed by atoms with Crippen LogP contribution in [0, 0.1) is 20.2 Å². The fourth-order valence-electron chi connectivity index (χ4n) is 1.10. The highest BCUT2D eigenvalue weighted by molar-refractivity contribution is 6.34. The van der Waals surface area contributed by atoms with Crippen LogP contribution in [0.2, 0.25) is 5.02 Å². The number of carbonyl (C=O) groups excluding carboxylic acids is 1. The number of ether oxygens (including phenoxy) is 1. The van der Waals surface area contributed by atoms with Crippen LogP contribution in [0.4, 0.5) is 11.4 Å². The second-order valence-corrected chi connectivity index (χ2v) is 3.50. The molecule has 0 fully saturated rings. The molecule has 1 aromatic carbocycles. The summed E-state index contributed by atoms with van der Waals surface area (Å²) in [7, 11) is 0. The topological polar surface area (TPSA) is 113 Å². The highest BCUT2D eigenvalue weighted by Gasteiger charge is 2.26. The number of carbonyl (C=O) groups is 1. The fraction of sp³-hybridized carbons (Fsp3) is 0.222. The molecule has 1 rings (SSSR count). The smallest absolute Gasteiger partial charge is 0.310 e. The van der Waals surface area contributed by atoms with E-state index in [4.69, 9.17) is 16.3 Å². The quantitative estimate of drug-likeness (QED) is 0.361. The summed E-state index contributed by atoms with van der Waals surface area (Å²) in [4.78, 5) is 30.6. The molecule has 0 spiro atoms. The van der Waals surface area contributed by atoms with Crippen LogP contribution in [0.3, 0.4) is 0 Å². The first-order valence-electron chi connectivity index (χ1n) is 4.69. The minimum absolute atomic E-state index is 0.0320. The van der Waals surface area contributed by atoms with E-state index in [0.717, 1.165) is 12.1 Å². The molecule has 0 bridgehead atoms. The molecule has 9 heteroatoms. The third-order valence-corrected chi connectivity index (χ3v) is 2.31. The van der Waals surface area contributed by atoms with Crippen LogP contribution < -0.4 is 4.74 Å². The second kappa shape index (κ2) is 5.41. The lowest BCUT2D eigenvalue weighted by Gasteiger charge is -2.04. The van der Waals surface area contributed by atoms with E-state index in [-0.39, 0.29) is 12.2 Å². The average molecular weight is 275 g/mol. The Balaban J connectivity index is 3.33. The highest BCUT2D eigenvalue weighted by atomic mass is 35.5. The number of rotatable bonds is 4. The molecule has 0 N–H and O–H groups in total. The van der Waals surface area contributed by atoms with E-state index >= 15 is 0 Å². The van der Waals surface area contributed by atoms with Gasteiger partial charge < -0.3 is 4.74 Å². The van der Waals surface area contributed by atoms with Crippen molar-refractivity contribution >= 4 is 28.9 Å². The van der Waals surface area contributed by atoms with Crippen LogP contribution >= 0.6 is 11.6 Å². The lowest BCUT2D eigenvalue weighted by molar-refractivity contribution is -0.394. The zero-order chi connectivity index (χ0) is 13.9. The van der Waals surface area contributed by atoms with Crippen molar-refractivity contribution in [2.75, 3.05) is 0 Å². The Labute approximate surface area is 105 Å². The van der Waals surface area contributed by atoms with E-state index in [1.807, 2.05) is 0 Å². The zero-order valence-corrected chi connectivity index (χ0v) is 9.84. The van der Waals surface area contributed by atoms with Crippen molar-refractivity contribution in [3.05, 3.63) is 37.4 Å². The van der Waals surface area contributed by atoms with Gasteiger partial charge in [-0.25, -0.2) is 0 Å². The summed E-state index contributed by atoms with van der Waals surface area (Å²) in [5, 5.41) is 20.7. The summed E-state index contributed by atoms with van der Waals surface area (Å²) in [6.07, 6.45) is 0.0320. The summed E-state index contributed by atoms with van der Waals surface area (Å²) in [5.74, 6) is -0.953. The van der Waals surface area contributed by atoms with Gasteiger partial charge in [-0.3, -0.25) is 25.0 Å². The van der Waals surface area contributed by atoms with Crippen molar-refractivity contribution in [3.8, 4) is 5.75 Å². The molecule has 18 heavy (non-hydrogen) atoms. The maximum Gasteiger partial charge on any atom is 0.310 e. The lowest BCUT2D eigenvalue weighted by Crippen LogP contribution is -2.06. The first-order valence-corrected chi connectivity index (χ1v) is 5.07. The summed E-state index contributed by atoms with van der Waals surface area (Å²) >= 11 is 5.52. The monoisotopic (exact) mass is 274 g/mol. The molecule has 0 saturated heterocycles. The number of nitro benzene ring substituents is 2. The molecule has 0 aliphatic rings. The van der Waals surface area contributed by atoms with Crippen LogP contribution in [0.15, 0.2) is 12.1 Å². The van der Waals surface area contributed by atoms with E-state index in [9.17, 15) is 25.0 Å². The largest absolute Gasteiger partial charge is 0.426 e. The van der Waals surface area contributed by atoms with Gasteiger partial charge in [0.2, 0.25) is 0 Å². The fourth-order valence-corrected chi connectivity index (χ4v) is 1.34. The van der Waals surface area contributed by atoms with Gasteiger partial charge in [-0.1, -0.05) is 18.5 Å². The normalized spacial score (nSPS) is 9.89. The molecule has 0 radical (unpaired) electrons. The first-order chi connectivity index (χ1) is 8.36. The van der Waals surface area contributed by atoms with Gasteiger partial charge in [-0.05, 0) is 0 Å². The molecule has 8 nitrogen and oxygen atoms in total. The highest BCUT2D eigenvalue weighted by Crippen LogP contribution is 2.37. The number of nitro groups is 2. The van der Waals surface area contributed by atoms with Gasteiger partial charge in [0, 0.05) is 6.42 Å². The standard InChI is InChI=1S/C9H7ClN2O6/c1-2-8(13)18-5-3-6(11(14)15)9(10)7(4-5)12(16)17/h3-4H,2H2,1H3. The van der Waals surface area contributed by atoms with Crippen molar-refractivity contribution in [3.63, 3.8) is 0 Å². The van der Waals surface area contributed by atoms with Gasteiger partial charge in [-0.15, -0.1) is 0 Å². The van der Waals surface area contributed by atoms with Crippen LogP contribution in [0.5, 0.6) is 5.75 Å². The average Bonchev–Trinajstić information content (AvgIpc) is 2.30. The van der Waals surface area contributed by atoms with Gasteiger partial charge in [0.25, 0.3) is 11.4 Å². The number of hydrogen-bond acceptors (Lipinski definition) is 6. The molecule has 0 heterocycles. The van der Waals surface area contributed by atoms with Gasteiger partial charge in [0.15, 0.2) is 5.02 Å². The Kier molecular flexibility index (Phi) is 4.16. The Morgan fingerprint density at radius 3 is 2.06 bits per heavy atom. The number of benzene rings is 1. The Morgan fingerprint density at radius 1 is 1.28 bits per heavy atom. The van der Waals surface area contributed by atoms with Gasteiger partial charge in [0.1, 0.15) is 5.75 Å². The van der Waals surface area contributed by atoms with E-state index in [1.165, 1.54) is 6.92 Å². The van der Waals surface area contributed by atoms with E-state index in [0.29, 0.717) is 0 Å². The lowest BCUT2D eigenvalue weighted by atomic mass is 10.2. The summed E-state index contributed by atoms with van der Waals surface area (Å²) in [6, 6.07) is 1.73. The minimum atomic E-state index is -0.890. The van der Waals surface area contributed by atoms with Crippen molar-refractivity contribution in [1.82, 2.24) is 0 Å². The zero-order valence-electron chi connectivity index (χ0n) is 9.08. The van der Waals surface area contributed by atoms with Crippen LogP contribution in [-0.4, -0.2) is 15.8 Å². The summed E-state index contributed by atoms with van der Waals surface area (Å²) < 4.78 is 4.69. The molecule has 0 aliphatic heterocycles. The SMILES string of the molecule is CCC(=O)Oc1cc([N+](=O)[O-])c(Cl)c([N+](=O)[O-])c1. The van der Waals surface area contributed by atoms with Crippen LogP contribution in [-0.2, 0) is 4.79 Å². The molecular weight excluding hydrogens is 268 g/mol. The predicted octanol–water partition coefficient (Wildman–Crippen LogP) is 2.47. The molecule has 0 amide bonds. The van der Waals surface area contributed by atoms with E-state index in [1.54, 1.807) is 0 Å². The molecule has 0 saturated carbocycles. The van der Waals surface area contributed by atoms with E-state index < -0.39 is 32.2 Å². The number of esters is 1. The molecule has 96 valence electrons. The van der Waals surface area contributed by atoms with Crippen LogP contribution in [0.25, 0.3) is 0 Å². The van der Waals surface area contributed by atoms with Gasteiger partial charge in [0.05, 0.1) is 22.0 Å². The third-order valence-electron chi connectivity index (χ3n) is 1.92. The molecule has 0 atom stereocenters. The Morgan fingerprint density at radius 2 is 1.72 bits per heavy atom. The van der Waals surface area contributed by atoms with Crippen molar-refractivity contribution in [2.24, 2.45) is 0 Å². The van der Waals surface area contributed by atoms with Crippen molar-refractivity contribution < 1.29 is 19.4 Å². The maximum absolute atomic E-state index is 11.0. The second-order valence-electron chi connectivity index (χ2n) is 3.12. The molecule has 1 aromatic rings. The Hall–Kier alpha value is -2.22. The van der Waals surface area contributed by atoms with Crippen molar-refractivity contribution in [1.29, 1.82) is 0 Å². The maximum atomic E-state index is 11.0. The predicted molar refractivity (Wildman–Crippen MR) is 60.7 cm³/mol. The Bertz CT molecular complexity index is 495. The van der Waals surface area contributed by atoms with Gasteiger partial charge >= 0.3 is 5.97 Å². The molecule has 0 aromatic heterocycles. The van der Waals surface area contributed by atoms with E-state index in [2.05, 4.69) is 0 Å². The third kappa shape index (κ3) is 2.92. The molecule has 0 aliphatic carbocycles. The summed E-state index contributed by atoms with van der Waals surface area (Å²) in [5.41, 5.74) is -1.38. The van der Waals surface area contributed by atoms with Crippen molar-refractivity contribution in [2.45, 2.75) is 13.3 Å². The minimum Gasteiger partial charge on any atom is -0.426 e. The van der Waals surface area contributed by atoms with Gasteiger partial charge in [-0.2, -0.15) is 0 Å². The molecule has 0 unspecified atom stereocenters. The van der Waals surface area contributed by atoms with Crippen LogP contribution in [0.1, 0.15) is 13.3 Å². The molecular formula is C9H7ClN2O6. The summed E-state index contributed by atoms with van der Waals surface area (Å²) in [6.45, 7) is 1.51. The number of nitrogens with zero attached hydrogens (tertiary/aromatic N) is 2. The number of halogens is 1. The number of hydrogen-bond donors (Lipinski definition) is 0. The first kappa shape index (κ1) is 13.8.